The predicted molar refractivity (Wildman–Crippen MR) is 46.8 cm³/mol. The van der Waals surface area contributed by atoms with Crippen molar-refractivity contribution < 1.29 is 0 Å². The van der Waals surface area contributed by atoms with Crippen LogP contribution in [0.15, 0.2) is 30.3 Å². The Morgan fingerprint density at radius 1 is 1.18 bits per heavy atom. The summed E-state index contributed by atoms with van der Waals surface area (Å²) in [4.78, 5) is 0. The average Bonchev–Trinajstić information content (AvgIpc) is 2.06. The second kappa shape index (κ2) is 3.03. The molecule has 0 radical (unpaired) electrons. The summed E-state index contributed by atoms with van der Waals surface area (Å²) in [6.45, 7) is 1.98. The fourth-order valence-electron chi connectivity index (χ4n) is 0.953. The smallest absolute Gasteiger partial charge is 0.0896 e. The van der Waals surface area contributed by atoms with Crippen molar-refractivity contribution in [3.8, 4) is 0 Å². The van der Waals surface area contributed by atoms with Crippen molar-refractivity contribution in [2.24, 2.45) is 11.5 Å². The third-order valence-electron chi connectivity index (χ3n) is 1.90. The van der Waals surface area contributed by atoms with Crippen molar-refractivity contribution in [1.29, 1.82) is 0 Å². The lowest BCUT2D eigenvalue weighted by molar-refractivity contribution is 0.448. The van der Waals surface area contributed by atoms with Crippen LogP contribution in [0.3, 0.4) is 0 Å². The molecule has 1 aromatic carbocycles. The predicted octanol–water partition coefficient (Wildman–Crippen LogP) is 1.17. The maximum atomic E-state index is 5.82. The molecule has 2 heteroatoms. The van der Waals surface area contributed by atoms with Crippen molar-refractivity contribution >= 4 is 0 Å². The molecule has 0 amide bonds. The molecule has 60 valence electrons. The van der Waals surface area contributed by atoms with E-state index in [4.69, 9.17) is 11.5 Å². The quantitative estimate of drug-likeness (QED) is 0.622. The van der Waals surface area contributed by atoms with Crippen LogP contribution >= 0.6 is 0 Å². The van der Waals surface area contributed by atoms with Gasteiger partial charge in [-0.05, 0) is 12.0 Å². The maximum Gasteiger partial charge on any atom is 0.0896 e. The normalized spacial score (nSPS) is 11.5. The summed E-state index contributed by atoms with van der Waals surface area (Å²) in [5.41, 5.74) is 12.0. The van der Waals surface area contributed by atoms with Crippen molar-refractivity contribution in [3.05, 3.63) is 35.9 Å². The van der Waals surface area contributed by atoms with E-state index in [1.807, 2.05) is 37.3 Å². The zero-order valence-corrected chi connectivity index (χ0v) is 6.75. The van der Waals surface area contributed by atoms with Gasteiger partial charge in [0.2, 0.25) is 0 Å². The minimum absolute atomic E-state index is 0.665. The molecule has 0 atom stereocenters. The highest BCUT2D eigenvalue weighted by atomic mass is 14.9. The summed E-state index contributed by atoms with van der Waals surface area (Å²) in [6, 6.07) is 9.74. The molecule has 0 aliphatic rings. The number of hydrogen-bond donors (Lipinski definition) is 2. The third kappa shape index (κ3) is 1.79. The lowest BCUT2D eigenvalue weighted by atomic mass is 9.99. The summed E-state index contributed by atoms with van der Waals surface area (Å²) in [5, 5.41) is 0. The molecular weight excluding hydrogens is 136 g/mol. The third-order valence-corrected chi connectivity index (χ3v) is 1.90. The van der Waals surface area contributed by atoms with Crippen LogP contribution in [-0.2, 0) is 5.66 Å². The van der Waals surface area contributed by atoms with E-state index in [2.05, 4.69) is 0 Å². The summed E-state index contributed by atoms with van der Waals surface area (Å²) in [5.74, 6) is 0. The summed E-state index contributed by atoms with van der Waals surface area (Å²) >= 11 is 0. The molecule has 0 saturated carbocycles. The SMILES string of the molecule is CCC(N)(N)c1ccccc1. The largest absolute Gasteiger partial charge is 0.310 e. The number of benzene rings is 1. The Labute approximate surface area is 67.2 Å². The molecule has 0 bridgehead atoms. The van der Waals surface area contributed by atoms with Crippen molar-refractivity contribution in [3.63, 3.8) is 0 Å². The Morgan fingerprint density at radius 2 is 1.73 bits per heavy atom. The fourth-order valence-corrected chi connectivity index (χ4v) is 0.953. The van der Waals surface area contributed by atoms with E-state index < -0.39 is 5.66 Å². The topological polar surface area (TPSA) is 52.0 Å². The van der Waals surface area contributed by atoms with Crippen LogP contribution in [-0.4, -0.2) is 0 Å². The van der Waals surface area contributed by atoms with Gasteiger partial charge in [-0.25, -0.2) is 0 Å². The van der Waals surface area contributed by atoms with E-state index in [0.29, 0.717) is 0 Å². The first-order valence-corrected chi connectivity index (χ1v) is 3.80. The fraction of sp³-hybridized carbons (Fsp3) is 0.333. The molecule has 0 aromatic heterocycles. The minimum atomic E-state index is -0.665. The van der Waals surface area contributed by atoms with Crippen molar-refractivity contribution in [1.82, 2.24) is 0 Å². The maximum absolute atomic E-state index is 5.82. The van der Waals surface area contributed by atoms with Gasteiger partial charge in [0, 0.05) is 0 Å². The molecule has 11 heavy (non-hydrogen) atoms. The van der Waals surface area contributed by atoms with Crippen LogP contribution in [0, 0.1) is 0 Å². The molecule has 0 aliphatic carbocycles. The molecule has 0 aliphatic heterocycles. The molecule has 0 fully saturated rings. The monoisotopic (exact) mass is 150 g/mol. The molecule has 0 spiro atoms. The highest BCUT2D eigenvalue weighted by Gasteiger charge is 2.17. The Morgan fingerprint density at radius 3 is 2.18 bits per heavy atom. The first-order valence-electron chi connectivity index (χ1n) is 3.80. The highest BCUT2D eigenvalue weighted by molar-refractivity contribution is 5.21. The molecule has 2 nitrogen and oxygen atoms in total. The van der Waals surface area contributed by atoms with Gasteiger partial charge in [-0.2, -0.15) is 0 Å². The molecule has 4 N–H and O–H groups in total. The van der Waals surface area contributed by atoms with E-state index >= 15 is 0 Å². The standard InChI is InChI=1S/C9H14N2/c1-2-9(10,11)8-6-4-3-5-7-8/h3-7H,2,10-11H2,1H3. The van der Waals surface area contributed by atoms with E-state index in [-0.39, 0.29) is 0 Å². The lowest BCUT2D eigenvalue weighted by Gasteiger charge is -2.22. The van der Waals surface area contributed by atoms with Crippen LogP contribution in [0.2, 0.25) is 0 Å². The van der Waals surface area contributed by atoms with E-state index in [1.165, 1.54) is 0 Å². The van der Waals surface area contributed by atoms with Crippen LogP contribution < -0.4 is 11.5 Å². The summed E-state index contributed by atoms with van der Waals surface area (Å²) in [7, 11) is 0. The second-order valence-corrected chi connectivity index (χ2v) is 2.76. The number of hydrogen-bond acceptors (Lipinski definition) is 2. The van der Waals surface area contributed by atoms with Gasteiger partial charge in [-0.1, -0.05) is 37.3 Å². The van der Waals surface area contributed by atoms with Gasteiger partial charge in [0.05, 0.1) is 5.66 Å². The van der Waals surface area contributed by atoms with Gasteiger partial charge < -0.3 is 11.5 Å². The molecule has 0 heterocycles. The highest BCUT2D eigenvalue weighted by Crippen LogP contribution is 2.14. The van der Waals surface area contributed by atoms with Crippen LogP contribution in [0.1, 0.15) is 18.9 Å². The van der Waals surface area contributed by atoms with E-state index in [1.54, 1.807) is 0 Å². The zero-order valence-electron chi connectivity index (χ0n) is 6.75. The van der Waals surface area contributed by atoms with E-state index in [0.717, 1.165) is 12.0 Å². The van der Waals surface area contributed by atoms with Crippen LogP contribution in [0.4, 0.5) is 0 Å². The van der Waals surface area contributed by atoms with E-state index in [9.17, 15) is 0 Å². The summed E-state index contributed by atoms with van der Waals surface area (Å²) < 4.78 is 0. The summed E-state index contributed by atoms with van der Waals surface area (Å²) in [6.07, 6.45) is 0.747. The van der Waals surface area contributed by atoms with Gasteiger partial charge in [0.15, 0.2) is 0 Å². The molecule has 0 unspecified atom stereocenters. The van der Waals surface area contributed by atoms with Crippen molar-refractivity contribution in [2.45, 2.75) is 19.0 Å². The van der Waals surface area contributed by atoms with Gasteiger partial charge >= 0.3 is 0 Å². The van der Waals surface area contributed by atoms with Crippen molar-refractivity contribution in [2.75, 3.05) is 0 Å². The average molecular weight is 150 g/mol. The Bertz CT molecular complexity index is 216. The Balaban J connectivity index is 2.93. The first kappa shape index (κ1) is 8.24. The molecule has 0 saturated heterocycles. The molecule has 1 rings (SSSR count). The van der Waals surface area contributed by atoms with Crippen LogP contribution in [0.25, 0.3) is 0 Å². The zero-order chi connectivity index (χ0) is 8.32. The van der Waals surface area contributed by atoms with Gasteiger partial charge in [0.25, 0.3) is 0 Å². The van der Waals surface area contributed by atoms with Gasteiger partial charge in [-0.3, -0.25) is 0 Å². The number of nitrogens with two attached hydrogens (primary N) is 2. The first-order chi connectivity index (χ1) is 5.17. The number of rotatable bonds is 2. The second-order valence-electron chi connectivity index (χ2n) is 2.76. The van der Waals surface area contributed by atoms with Crippen LogP contribution in [0.5, 0.6) is 0 Å². The molecule has 1 aromatic rings. The Hall–Kier alpha value is -0.860. The lowest BCUT2D eigenvalue weighted by Crippen LogP contribution is -2.45. The molecular formula is C9H14N2. The van der Waals surface area contributed by atoms with Gasteiger partial charge in [-0.15, -0.1) is 0 Å². The Kier molecular flexibility index (Phi) is 2.27. The minimum Gasteiger partial charge on any atom is -0.310 e. The van der Waals surface area contributed by atoms with Gasteiger partial charge in [0.1, 0.15) is 0 Å².